The number of halogens is 4. The maximum absolute atomic E-state index is 14.0. The quantitative estimate of drug-likeness (QED) is 0.621. The van der Waals surface area contributed by atoms with Crippen LogP contribution in [-0.4, -0.2) is 28.9 Å². The van der Waals surface area contributed by atoms with Gasteiger partial charge in [-0.25, -0.2) is 4.39 Å². The van der Waals surface area contributed by atoms with Crippen LogP contribution >= 0.6 is 0 Å². The van der Waals surface area contributed by atoms with Gasteiger partial charge < -0.3 is 16.4 Å². The Morgan fingerprint density at radius 2 is 1.81 bits per heavy atom. The molecule has 0 fully saturated rings. The first kappa shape index (κ1) is 20.2. The second kappa shape index (κ2) is 7.26. The molecular formula is C18H17F4N3O2. The number of alkyl halides is 3. The van der Waals surface area contributed by atoms with E-state index in [-0.39, 0.29) is 5.56 Å². The van der Waals surface area contributed by atoms with Crippen molar-refractivity contribution in [2.45, 2.75) is 26.1 Å². The fraction of sp³-hybridized carbons (Fsp3) is 0.222. The molecule has 4 N–H and O–H groups in total. The van der Waals surface area contributed by atoms with E-state index in [1.165, 1.54) is 24.4 Å². The summed E-state index contributed by atoms with van der Waals surface area (Å²) in [6.45, 7) is 2.56. The van der Waals surface area contributed by atoms with Crippen molar-refractivity contribution in [3.8, 4) is 0 Å². The molecule has 144 valence electrons. The van der Waals surface area contributed by atoms with Gasteiger partial charge in [0.05, 0.1) is 11.6 Å². The van der Waals surface area contributed by atoms with Crippen LogP contribution in [0.1, 0.15) is 29.8 Å². The van der Waals surface area contributed by atoms with E-state index in [2.05, 4.69) is 0 Å². The van der Waals surface area contributed by atoms with Gasteiger partial charge in [-0.1, -0.05) is 12.1 Å². The Morgan fingerprint density at radius 1 is 1.19 bits per heavy atom. The van der Waals surface area contributed by atoms with E-state index in [0.29, 0.717) is 11.1 Å². The van der Waals surface area contributed by atoms with E-state index < -0.39 is 41.1 Å². The monoisotopic (exact) mass is 383 g/mol. The Morgan fingerprint density at radius 3 is 2.33 bits per heavy atom. The number of allylic oxidation sites excluding steroid dienone is 3. The van der Waals surface area contributed by atoms with Crippen molar-refractivity contribution in [2.24, 2.45) is 11.5 Å². The van der Waals surface area contributed by atoms with Gasteiger partial charge in [0.2, 0.25) is 0 Å². The van der Waals surface area contributed by atoms with Crippen LogP contribution in [0.15, 0.2) is 47.8 Å². The van der Waals surface area contributed by atoms with E-state index in [9.17, 15) is 27.2 Å². The first-order valence-corrected chi connectivity index (χ1v) is 7.79. The third-order valence-corrected chi connectivity index (χ3v) is 4.22. The van der Waals surface area contributed by atoms with Crippen molar-refractivity contribution in [1.82, 2.24) is 4.90 Å². The number of primary amides is 1. The van der Waals surface area contributed by atoms with Crippen LogP contribution < -0.4 is 11.5 Å². The molecular weight excluding hydrogens is 366 g/mol. The van der Waals surface area contributed by atoms with Gasteiger partial charge in [-0.2, -0.15) is 13.2 Å². The number of hydrogen-bond donors (Lipinski definition) is 2. The number of carbonyl (C=O) groups is 2. The molecule has 9 heteroatoms. The molecule has 2 amide bonds. The Kier molecular flexibility index (Phi) is 5.43. The molecule has 0 aromatic heterocycles. The van der Waals surface area contributed by atoms with Crippen LogP contribution in [0.4, 0.5) is 17.6 Å². The summed E-state index contributed by atoms with van der Waals surface area (Å²) in [5.74, 6) is -2.68. The number of amides is 2. The van der Waals surface area contributed by atoms with Crippen LogP contribution in [0.5, 0.6) is 0 Å². The lowest BCUT2D eigenvalue weighted by atomic mass is 9.94. The van der Waals surface area contributed by atoms with Gasteiger partial charge in [0.1, 0.15) is 11.5 Å². The zero-order chi connectivity index (χ0) is 20.5. The largest absolute Gasteiger partial charge is 0.431 e. The summed E-state index contributed by atoms with van der Waals surface area (Å²) < 4.78 is 52.3. The van der Waals surface area contributed by atoms with E-state index in [1.54, 1.807) is 13.0 Å². The van der Waals surface area contributed by atoms with Crippen LogP contribution in [0.2, 0.25) is 0 Å². The number of rotatable bonds is 3. The van der Waals surface area contributed by atoms with Crippen molar-refractivity contribution in [3.63, 3.8) is 0 Å². The van der Waals surface area contributed by atoms with E-state index in [0.717, 1.165) is 17.9 Å². The predicted molar refractivity (Wildman–Crippen MR) is 91.3 cm³/mol. The molecule has 1 atom stereocenters. The molecule has 1 aromatic rings. The highest BCUT2D eigenvalue weighted by atomic mass is 19.4. The molecule has 0 saturated heterocycles. The van der Waals surface area contributed by atoms with Crippen molar-refractivity contribution in [3.05, 3.63) is 64.8 Å². The van der Waals surface area contributed by atoms with Crippen LogP contribution in [0.25, 0.3) is 5.57 Å². The van der Waals surface area contributed by atoms with Crippen LogP contribution in [-0.2, 0) is 4.79 Å². The lowest BCUT2D eigenvalue weighted by Crippen LogP contribution is -2.38. The summed E-state index contributed by atoms with van der Waals surface area (Å²) in [5, 5.41) is 0. The Bertz CT molecular complexity index is 885. The number of nitrogens with two attached hydrogens (primary N) is 2. The topological polar surface area (TPSA) is 89.4 Å². The third-order valence-electron chi connectivity index (χ3n) is 4.22. The summed E-state index contributed by atoms with van der Waals surface area (Å²) >= 11 is 0. The van der Waals surface area contributed by atoms with E-state index in [1.807, 2.05) is 0 Å². The average Bonchev–Trinajstić information content (AvgIpc) is 2.58. The lowest BCUT2D eigenvalue weighted by molar-refractivity contribution is -0.127. The SMILES string of the molecule is C/C(C(=O)N1C=CC=C(c2ccc(C(N)=O)c(F)c2)C1C)=C(/N)C(F)(F)F. The zero-order valence-electron chi connectivity index (χ0n) is 14.5. The highest BCUT2D eigenvalue weighted by Gasteiger charge is 2.36. The Labute approximate surface area is 152 Å². The standard InChI is InChI=1S/C18H17F4N3O2/c1-9(15(23)18(20,21)22)17(27)25-7-3-4-12(10(25)2)11-5-6-13(16(24)26)14(19)8-11/h3-8,10H,23H2,1-2H3,(H2,24,26)/b15-9-. The maximum Gasteiger partial charge on any atom is 0.431 e. The highest BCUT2D eigenvalue weighted by Crippen LogP contribution is 2.30. The lowest BCUT2D eigenvalue weighted by Gasteiger charge is -2.31. The summed E-state index contributed by atoms with van der Waals surface area (Å²) in [7, 11) is 0. The average molecular weight is 383 g/mol. The van der Waals surface area contributed by atoms with Gasteiger partial charge >= 0.3 is 6.18 Å². The van der Waals surface area contributed by atoms with E-state index in [4.69, 9.17) is 11.5 Å². The van der Waals surface area contributed by atoms with E-state index >= 15 is 0 Å². The summed E-state index contributed by atoms with van der Waals surface area (Å²) in [6, 6.07) is 3.03. The van der Waals surface area contributed by atoms with Gasteiger partial charge in [-0.3, -0.25) is 9.59 Å². The minimum absolute atomic E-state index is 0.289. The predicted octanol–water partition coefficient (Wildman–Crippen LogP) is 2.85. The summed E-state index contributed by atoms with van der Waals surface area (Å²) in [6.07, 6.45) is -0.462. The molecule has 0 bridgehead atoms. The van der Waals surface area contributed by atoms with Crippen LogP contribution in [0.3, 0.4) is 0 Å². The summed E-state index contributed by atoms with van der Waals surface area (Å²) in [5.41, 5.74) is 8.52. The number of carbonyl (C=O) groups excluding carboxylic acids is 2. The highest BCUT2D eigenvalue weighted by molar-refractivity contribution is 5.97. The molecule has 27 heavy (non-hydrogen) atoms. The minimum atomic E-state index is -4.82. The van der Waals surface area contributed by atoms with Gasteiger partial charge in [0.15, 0.2) is 0 Å². The van der Waals surface area contributed by atoms with Crippen molar-refractivity contribution in [1.29, 1.82) is 0 Å². The smallest absolute Gasteiger partial charge is 0.394 e. The molecule has 1 aliphatic heterocycles. The molecule has 1 heterocycles. The number of hydrogen-bond acceptors (Lipinski definition) is 3. The second-order valence-corrected chi connectivity index (χ2v) is 5.95. The van der Waals surface area contributed by atoms with Gasteiger partial charge in [0.25, 0.3) is 11.8 Å². The third kappa shape index (κ3) is 4.02. The summed E-state index contributed by atoms with van der Waals surface area (Å²) in [4.78, 5) is 24.7. The second-order valence-electron chi connectivity index (χ2n) is 5.95. The fourth-order valence-electron chi connectivity index (χ4n) is 2.65. The first-order valence-electron chi connectivity index (χ1n) is 7.79. The van der Waals surface area contributed by atoms with Gasteiger partial charge in [-0.15, -0.1) is 0 Å². The van der Waals surface area contributed by atoms with Gasteiger partial charge in [-0.05, 0) is 43.2 Å². The molecule has 1 aromatic carbocycles. The Balaban J connectivity index is 2.36. The minimum Gasteiger partial charge on any atom is -0.394 e. The molecule has 0 aliphatic carbocycles. The maximum atomic E-state index is 14.0. The van der Waals surface area contributed by atoms with Crippen LogP contribution in [0, 0.1) is 5.82 Å². The molecule has 0 radical (unpaired) electrons. The normalized spacial score (nSPS) is 18.1. The molecule has 1 unspecified atom stereocenters. The Hall–Kier alpha value is -3.10. The van der Waals surface area contributed by atoms with Gasteiger partial charge in [0, 0.05) is 11.8 Å². The molecule has 0 saturated carbocycles. The first-order chi connectivity index (χ1) is 12.4. The van der Waals surface area contributed by atoms with Crippen molar-refractivity contribution in [2.75, 3.05) is 0 Å². The molecule has 1 aliphatic rings. The molecule has 2 rings (SSSR count). The zero-order valence-corrected chi connectivity index (χ0v) is 14.5. The molecule has 5 nitrogen and oxygen atoms in total. The number of nitrogens with zero attached hydrogens (tertiary/aromatic N) is 1. The van der Waals surface area contributed by atoms with Crippen molar-refractivity contribution < 1.29 is 27.2 Å². The molecule has 0 spiro atoms. The van der Waals surface area contributed by atoms with Crippen molar-refractivity contribution >= 4 is 17.4 Å². The fourth-order valence-corrected chi connectivity index (χ4v) is 2.65. The number of benzene rings is 1.